The van der Waals surface area contributed by atoms with Crippen molar-refractivity contribution < 1.29 is 20.1 Å². The average Bonchev–Trinajstić information content (AvgIpc) is 2.92. The lowest BCUT2D eigenvalue weighted by atomic mass is 10.1. The highest BCUT2D eigenvalue weighted by atomic mass is 16.3. The second-order valence-electron chi connectivity index (χ2n) is 4.86. The molecular weight excluding hydrogens is 246 g/mol. The number of phenols is 2. The van der Waals surface area contributed by atoms with E-state index in [-0.39, 0.29) is 42.2 Å². The Hall–Kier alpha value is -1.75. The van der Waals surface area contributed by atoms with E-state index in [4.69, 9.17) is 5.11 Å². The van der Waals surface area contributed by atoms with Gasteiger partial charge in [0.1, 0.15) is 11.5 Å². The van der Waals surface area contributed by atoms with Crippen molar-refractivity contribution in [2.24, 2.45) is 0 Å². The molecule has 1 aromatic rings. The molecule has 104 valence electrons. The number of aliphatic hydroxyl groups excluding tert-OH is 1. The molecule has 0 aliphatic heterocycles. The highest BCUT2D eigenvalue weighted by molar-refractivity contribution is 5.97. The lowest BCUT2D eigenvalue weighted by molar-refractivity contribution is 0.0634. The molecule has 0 saturated heterocycles. The molecule has 1 saturated carbocycles. The van der Waals surface area contributed by atoms with Crippen LogP contribution in [0.15, 0.2) is 18.2 Å². The number of hydrogen-bond donors (Lipinski definition) is 3. The first-order chi connectivity index (χ1) is 9.13. The van der Waals surface area contributed by atoms with Crippen LogP contribution in [-0.4, -0.2) is 45.3 Å². The molecule has 2 rings (SSSR count). The van der Waals surface area contributed by atoms with Crippen LogP contribution in [0.5, 0.6) is 11.5 Å². The van der Waals surface area contributed by atoms with E-state index in [9.17, 15) is 15.0 Å². The Balaban J connectivity index is 2.25. The third-order valence-electron chi connectivity index (χ3n) is 3.58. The number of aliphatic hydroxyl groups is 1. The van der Waals surface area contributed by atoms with E-state index in [1.165, 1.54) is 18.2 Å². The Morgan fingerprint density at radius 1 is 1.26 bits per heavy atom. The molecule has 5 heteroatoms. The van der Waals surface area contributed by atoms with Gasteiger partial charge in [0.2, 0.25) is 0 Å². The third kappa shape index (κ3) is 2.98. The van der Waals surface area contributed by atoms with Gasteiger partial charge in [-0.25, -0.2) is 0 Å². The predicted molar refractivity (Wildman–Crippen MR) is 70.1 cm³/mol. The van der Waals surface area contributed by atoms with Gasteiger partial charge < -0.3 is 20.2 Å². The zero-order valence-corrected chi connectivity index (χ0v) is 10.7. The van der Waals surface area contributed by atoms with Gasteiger partial charge in [0.05, 0.1) is 12.2 Å². The van der Waals surface area contributed by atoms with Crippen LogP contribution in [0.2, 0.25) is 0 Å². The standard InChI is InChI=1S/C14H19NO4/c16-8-7-15(10-3-1-2-4-10)14(19)12-9-11(17)5-6-13(12)18/h5-6,9-10,16-18H,1-4,7-8H2. The summed E-state index contributed by atoms with van der Waals surface area (Å²) in [6, 6.07) is 4.00. The Morgan fingerprint density at radius 3 is 2.58 bits per heavy atom. The van der Waals surface area contributed by atoms with Crippen molar-refractivity contribution in [3.63, 3.8) is 0 Å². The lowest BCUT2D eigenvalue weighted by Gasteiger charge is -2.28. The molecule has 1 aliphatic carbocycles. The normalized spacial score (nSPS) is 15.6. The molecule has 0 bridgehead atoms. The van der Waals surface area contributed by atoms with Crippen LogP contribution in [0.4, 0.5) is 0 Å². The molecule has 5 nitrogen and oxygen atoms in total. The average molecular weight is 265 g/mol. The highest BCUT2D eigenvalue weighted by Gasteiger charge is 2.28. The van der Waals surface area contributed by atoms with Crippen molar-refractivity contribution in [3.05, 3.63) is 23.8 Å². The van der Waals surface area contributed by atoms with Gasteiger partial charge in [-0.1, -0.05) is 12.8 Å². The van der Waals surface area contributed by atoms with E-state index in [1.54, 1.807) is 4.90 Å². The Labute approximate surface area is 112 Å². The maximum Gasteiger partial charge on any atom is 0.258 e. The molecule has 0 radical (unpaired) electrons. The Bertz CT molecular complexity index is 455. The molecule has 1 amide bonds. The van der Waals surface area contributed by atoms with Crippen LogP contribution in [0.1, 0.15) is 36.0 Å². The molecule has 1 fully saturated rings. The second kappa shape index (κ2) is 5.93. The monoisotopic (exact) mass is 265 g/mol. The fourth-order valence-corrected chi connectivity index (χ4v) is 2.62. The smallest absolute Gasteiger partial charge is 0.258 e. The van der Waals surface area contributed by atoms with Gasteiger partial charge >= 0.3 is 0 Å². The number of amides is 1. The van der Waals surface area contributed by atoms with E-state index in [1.807, 2.05) is 0 Å². The van der Waals surface area contributed by atoms with Gasteiger partial charge in [-0.3, -0.25) is 4.79 Å². The van der Waals surface area contributed by atoms with Gasteiger partial charge in [-0.2, -0.15) is 0 Å². The number of hydrogen-bond acceptors (Lipinski definition) is 4. The minimum Gasteiger partial charge on any atom is -0.508 e. The van der Waals surface area contributed by atoms with Gasteiger partial charge in [-0.15, -0.1) is 0 Å². The maximum atomic E-state index is 12.4. The summed E-state index contributed by atoms with van der Waals surface area (Å²) >= 11 is 0. The van der Waals surface area contributed by atoms with Gasteiger partial charge in [0.15, 0.2) is 0 Å². The molecule has 19 heavy (non-hydrogen) atoms. The zero-order valence-electron chi connectivity index (χ0n) is 10.7. The Morgan fingerprint density at radius 2 is 1.95 bits per heavy atom. The quantitative estimate of drug-likeness (QED) is 0.720. The minimum atomic E-state index is -0.339. The summed E-state index contributed by atoms with van der Waals surface area (Å²) in [5, 5.41) is 28.3. The van der Waals surface area contributed by atoms with Crippen LogP contribution in [0.25, 0.3) is 0 Å². The molecule has 1 aromatic carbocycles. The van der Waals surface area contributed by atoms with E-state index in [0.717, 1.165) is 25.7 Å². The van der Waals surface area contributed by atoms with Crippen molar-refractivity contribution in [2.45, 2.75) is 31.7 Å². The summed E-state index contributed by atoms with van der Waals surface area (Å²) in [6.45, 7) is 0.139. The lowest BCUT2D eigenvalue weighted by Crippen LogP contribution is -2.40. The second-order valence-corrected chi connectivity index (χ2v) is 4.86. The number of aromatic hydroxyl groups is 2. The number of rotatable bonds is 4. The first kappa shape index (κ1) is 13.7. The van der Waals surface area contributed by atoms with Crippen LogP contribution in [0, 0.1) is 0 Å². The molecule has 0 unspecified atom stereocenters. The predicted octanol–water partition coefficient (Wildman–Crippen LogP) is 1.47. The molecule has 0 aromatic heterocycles. The molecule has 0 spiro atoms. The van der Waals surface area contributed by atoms with E-state index >= 15 is 0 Å². The van der Waals surface area contributed by atoms with Crippen LogP contribution < -0.4 is 0 Å². The summed E-state index contributed by atoms with van der Waals surface area (Å²) < 4.78 is 0. The first-order valence-electron chi connectivity index (χ1n) is 6.57. The number of carbonyl (C=O) groups excluding carboxylic acids is 1. The highest BCUT2D eigenvalue weighted by Crippen LogP contribution is 2.28. The summed E-state index contributed by atoms with van der Waals surface area (Å²) in [4.78, 5) is 14.0. The molecule has 0 atom stereocenters. The van der Waals surface area contributed by atoms with Gasteiger partial charge in [0, 0.05) is 12.6 Å². The van der Waals surface area contributed by atoms with Crippen LogP contribution >= 0.6 is 0 Å². The van der Waals surface area contributed by atoms with Crippen molar-refractivity contribution in [2.75, 3.05) is 13.2 Å². The zero-order chi connectivity index (χ0) is 13.8. The van der Waals surface area contributed by atoms with E-state index < -0.39 is 0 Å². The number of benzene rings is 1. The SMILES string of the molecule is O=C(c1cc(O)ccc1O)N(CCO)C1CCCC1. The number of phenolic OH excluding ortho intramolecular Hbond substituents is 2. The molecule has 0 heterocycles. The fraction of sp³-hybridized carbons (Fsp3) is 0.500. The van der Waals surface area contributed by atoms with Crippen molar-refractivity contribution in [3.8, 4) is 11.5 Å². The van der Waals surface area contributed by atoms with Gasteiger partial charge in [-0.05, 0) is 31.0 Å². The van der Waals surface area contributed by atoms with Gasteiger partial charge in [0.25, 0.3) is 5.91 Å². The number of carbonyl (C=O) groups is 1. The van der Waals surface area contributed by atoms with Crippen molar-refractivity contribution >= 4 is 5.91 Å². The summed E-state index contributed by atoms with van der Waals surface area (Å²) in [6.07, 6.45) is 3.99. The largest absolute Gasteiger partial charge is 0.508 e. The Kier molecular flexibility index (Phi) is 4.27. The molecule has 3 N–H and O–H groups in total. The van der Waals surface area contributed by atoms with E-state index in [2.05, 4.69) is 0 Å². The minimum absolute atomic E-state index is 0.0588. The third-order valence-corrected chi connectivity index (χ3v) is 3.58. The van der Waals surface area contributed by atoms with Crippen LogP contribution in [-0.2, 0) is 0 Å². The fourth-order valence-electron chi connectivity index (χ4n) is 2.62. The van der Waals surface area contributed by atoms with Crippen molar-refractivity contribution in [1.82, 2.24) is 4.90 Å². The maximum absolute atomic E-state index is 12.4. The summed E-state index contributed by atoms with van der Waals surface area (Å²) in [5.41, 5.74) is 0.0837. The van der Waals surface area contributed by atoms with Crippen molar-refractivity contribution in [1.29, 1.82) is 0 Å². The van der Waals surface area contributed by atoms with E-state index in [0.29, 0.717) is 0 Å². The molecular formula is C14H19NO4. The topological polar surface area (TPSA) is 81.0 Å². The summed E-state index contributed by atoms with van der Waals surface area (Å²) in [5.74, 6) is -0.547. The first-order valence-corrected chi connectivity index (χ1v) is 6.57. The summed E-state index contributed by atoms with van der Waals surface area (Å²) in [7, 11) is 0. The number of nitrogens with zero attached hydrogens (tertiary/aromatic N) is 1. The molecule has 1 aliphatic rings. The van der Waals surface area contributed by atoms with Crippen LogP contribution in [0.3, 0.4) is 0 Å².